The fraction of sp³-hybridized carbons (Fsp3) is 0.333. The molecular weight excluding hydrogens is 463 g/mol. The van der Waals surface area contributed by atoms with Gasteiger partial charge in [0.2, 0.25) is 0 Å². The van der Waals surface area contributed by atoms with Crippen molar-refractivity contribution in [2.45, 2.75) is 13.7 Å². The van der Waals surface area contributed by atoms with Gasteiger partial charge in [-0.2, -0.15) is 0 Å². The summed E-state index contributed by atoms with van der Waals surface area (Å²) in [5.41, 5.74) is 7.89. The molecule has 1 aliphatic heterocycles. The molecule has 1 aliphatic rings. The number of thioether (sulfide) groups is 3. The molecule has 0 spiro atoms. The highest BCUT2D eigenvalue weighted by Gasteiger charge is 2.33. The normalized spacial score (nSPS) is 20.4. The zero-order chi connectivity index (χ0) is 23.5. The minimum Gasteiger partial charge on any atom is -0.378 e. The Morgan fingerprint density at radius 1 is 0.394 bits per heavy atom. The van der Waals surface area contributed by atoms with Crippen molar-refractivity contribution in [3.8, 4) is 0 Å². The van der Waals surface area contributed by atoms with Crippen LogP contribution >= 0.6 is 35.3 Å². The van der Waals surface area contributed by atoms with Gasteiger partial charge in [-0.25, -0.2) is 0 Å². The quantitative estimate of drug-likeness (QED) is 0.348. The van der Waals surface area contributed by atoms with Gasteiger partial charge in [0.1, 0.15) is 0 Å². The summed E-state index contributed by atoms with van der Waals surface area (Å²) >= 11 is 6.19. The van der Waals surface area contributed by atoms with Crippen LogP contribution < -0.4 is 14.7 Å². The summed E-state index contributed by atoms with van der Waals surface area (Å²) in [6.07, 6.45) is 0. The average Bonchev–Trinajstić information content (AvgIpc) is 2.84. The molecule has 1 saturated heterocycles. The number of anilines is 3. The monoisotopic (exact) mass is 495 g/mol. The fourth-order valence-corrected chi connectivity index (χ4v) is 9.66. The van der Waals surface area contributed by atoms with Crippen molar-refractivity contribution in [3.63, 3.8) is 0 Å². The highest BCUT2D eigenvalue weighted by molar-refractivity contribution is 8.32. The first-order chi connectivity index (χ1) is 15.8. The van der Waals surface area contributed by atoms with Gasteiger partial charge in [-0.05, 0) is 53.1 Å². The van der Waals surface area contributed by atoms with Gasteiger partial charge in [-0.3, -0.25) is 0 Å². The summed E-state index contributed by atoms with van der Waals surface area (Å²) in [6, 6.07) is 27.2. The zero-order valence-electron chi connectivity index (χ0n) is 20.2. The van der Waals surface area contributed by atoms with Crippen LogP contribution in [0.3, 0.4) is 0 Å². The number of hydrogen-bond acceptors (Lipinski definition) is 6. The van der Waals surface area contributed by atoms with E-state index in [1.807, 2.05) is 0 Å². The standard InChI is InChI=1S/C27H33N3S3/c1-28(2)22-13-7-19(8-14-22)25-31-26(20-9-15-23(16-10-20)29(3)4)33-27(32-25)21-11-17-24(18-12-21)30(5)6/h7-18,25-27H,1-6H3. The van der Waals surface area contributed by atoms with Crippen molar-refractivity contribution in [1.82, 2.24) is 0 Å². The lowest BCUT2D eigenvalue weighted by atomic mass is 10.2. The maximum atomic E-state index is 2.30. The second-order valence-corrected chi connectivity index (χ2v) is 13.4. The lowest BCUT2D eigenvalue weighted by Crippen LogP contribution is -2.10. The minimum absolute atomic E-state index is 0.388. The highest BCUT2D eigenvalue weighted by atomic mass is 32.3. The summed E-state index contributed by atoms with van der Waals surface area (Å²) in [4.78, 5) is 6.47. The van der Waals surface area contributed by atoms with E-state index in [9.17, 15) is 0 Å². The molecule has 3 aromatic rings. The van der Waals surface area contributed by atoms with Crippen molar-refractivity contribution in [1.29, 1.82) is 0 Å². The molecule has 0 bridgehead atoms. The van der Waals surface area contributed by atoms with E-state index < -0.39 is 0 Å². The molecule has 0 saturated carbocycles. The van der Waals surface area contributed by atoms with Crippen LogP contribution in [0.5, 0.6) is 0 Å². The molecule has 33 heavy (non-hydrogen) atoms. The van der Waals surface area contributed by atoms with Crippen molar-refractivity contribution in [2.24, 2.45) is 0 Å². The third-order valence-electron chi connectivity index (χ3n) is 5.79. The van der Waals surface area contributed by atoms with Crippen LogP contribution in [-0.4, -0.2) is 42.3 Å². The van der Waals surface area contributed by atoms with Gasteiger partial charge in [0.05, 0.1) is 13.7 Å². The molecular formula is C27H33N3S3. The van der Waals surface area contributed by atoms with E-state index in [-0.39, 0.29) is 0 Å². The van der Waals surface area contributed by atoms with Gasteiger partial charge < -0.3 is 14.7 Å². The number of nitrogens with zero attached hydrogens (tertiary/aromatic N) is 3. The first-order valence-corrected chi connectivity index (χ1v) is 13.9. The molecule has 0 amide bonds. The van der Waals surface area contributed by atoms with E-state index in [4.69, 9.17) is 0 Å². The number of rotatable bonds is 6. The Balaban J connectivity index is 1.63. The van der Waals surface area contributed by atoms with Gasteiger partial charge in [0, 0.05) is 59.3 Å². The van der Waals surface area contributed by atoms with E-state index >= 15 is 0 Å². The molecule has 0 aliphatic carbocycles. The smallest absolute Gasteiger partial charge is 0.0780 e. The molecule has 1 fully saturated rings. The first kappa shape index (κ1) is 24.2. The third kappa shape index (κ3) is 5.79. The predicted molar refractivity (Wildman–Crippen MR) is 153 cm³/mol. The topological polar surface area (TPSA) is 9.72 Å². The molecule has 0 radical (unpaired) electrons. The van der Waals surface area contributed by atoms with Gasteiger partial charge >= 0.3 is 0 Å². The van der Waals surface area contributed by atoms with Crippen molar-refractivity contribution >= 4 is 52.3 Å². The largest absolute Gasteiger partial charge is 0.378 e. The maximum Gasteiger partial charge on any atom is 0.0780 e. The third-order valence-corrected chi connectivity index (χ3v) is 10.9. The highest BCUT2D eigenvalue weighted by Crippen LogP contribution is 2.66. The van der Waals surface area contributed by atoms with E-state index in [1.165, 1.54) is 33.8 Å². The van der Waals surface area contributed by atoms with Crippen LogP contribution in [0.15, 0.2) is 72.8 Å². The van der Waals surface area contributed by atoms with Gasteiger partial charge in [-0.1, -0.05) is 36.4 Å². The fourth-order valence-electron chi connectivity index (χ4n) is 3.69. The molecule has 0 aromatic heterocycles. The predicted octanol–water partition coefficient (Wildman–Crippen LogP) is 7.49. The van der Waals surface area contributed by atoms with Crippen LogP contribution in [-0.2, 0) is 0 Å². The summed E-state index contributed by atoms with van der Waals surface area (Å²) in [6.45, 7) is 0. The molecule has 174 valence electrons. The van der Waals surface area contributed by atoms with Crippen molar-refractivity contribution < 1.29 is 0 Å². The van der Waals surface area contributed by atoms with Gasteiger partial charge in [0.15, 0.2) is 0 Å². The number of hydrogen-bond donors (Lipinski definition) is 0. The molecule has 0 atom stereocenters. The summed E-state index contributed by atoms with van der Waals surface area (Å²) < 4.78 is 1.17. The van der Waals surface area contributed by atoms with E-state index in [2.05, 4.69) is 165 Å². The Morgan fingerprint density at radius 3 is 0.788 bits per heavy atom. The zero-order valence-corrected chi connectivity index (χ0v) is 22.7. The van der Waals surface area contributed by atoms with Crippen molar-refractivity contribution in [3.05, 3.63) is 89.5 Å². The second-order valence-electron chi connectivity index (χ2n) is 8.86. The first-order valence-electron chi connectivity index (χ1n) is 11.1. The molecule has 4 rings (SSSR count). The molecule has 6 heteroatoms. The Labute approximate surface area is 211 Å². The van der Waals surface area contributed by atoms with Crippen LogP contribution in [0, 0.1) is 0 Å². The van der Waals surface area contributed by atoms with Crippen LogP contribution in [0.1, 0.15) is 30.4 Å². The summed E-state index contributed by atoms with van der Waals surface area (Å²) in [7, 11) is 12.6. The SMILES string of the molecule is CN(C)c1ccc(C2SC(c3ccc(N(C)C)cc3)SC(c3ccc(N(C)C)cc3)S2)cc1. The lowest BCUT2D eigenvalue weighted by Gasteiger charge is -2.35. The van der Waals surface area contributed by atoms with E-state index in [1.54, 1.807) is 0 Å². The molecule has 3 nitrogen and oxygen atoms in total. The van der Waals surface area contributed by atoms with Crippen molar-refractivity contribution in [2.75, 3.05) is 57.0 Å². The Bertz CT molecular complexity index is 889. The van der Waals surface area contributed by atoms with Crippen LogP contribution in [0.4, 0.5) is 17.1 Å². The average molecular weight is 496 g/mol. The van der Waals surface area contributed by atoms with E-state index in [0.29, 0.717) is 13.7 Å². The Morgan fingerprint density at radius 2 is 0.606 bits per heavy atom. The molecule has 0 N–H and O–H groups in total. The molecule has 3 aromatic carbocycles. The van der Waals surface area contributed by atoms with E-state index in [0.717, 1.165) is 0 Å². The Kier molecular flexibility index (Phi) is 7.77. The molecule has 0 unspecified atom stereocenters. The Hall–Kier alpha value is -1.89. The summed E-state index contributed by atoms with van der Waals surface area (Å²) in [5, 5.41) is 0. The lowest BCUT2D eigenvalue weighted by molar-refractivity contribution is 1.12. The molecule has 1 heterocycles. The van der Waals surface area contributed by atoms with Gasteiger partial charge in [0.25, 0.3) is 0 Å². The summed E-state index contributed by atoms with van der Waals surface area (Å²) in [5.74, 6) is 0. The van der Waals surface area contributed by atoms with Gasteiger partial charge in [-0.15, -0.1) is 35.3 Å². The second kappa shape index (κ2) is 10.6. The van der Waals surface area contributed by atoms with Crippen LogP contribution in [0.2, 0.25) is 0 Å². The minimum atomic E-state index is 0.388. The van der Waals surface area contributed by atoms with Crippen LogP contribution in [0.25, 0.3) is 0 Å². The number of benzene rings is 3. The maximum absolute atomic E-state index is 2.30.